The topological polar surface area (TPSA) is 70.9 Å². The molecule has 0 radical (unpaired) electrons. The fourth-order valence-corrected chi connectivity index (χ4v) is 1.19. The SMILES string of the molecule is NC1(C(=O)NCc2ccc[nH]2)CC1. The third-order valence-electron chi connectivity index (χ3n) is 2.34. The van der Waals surface area contributed by atoms with Crippen LogP contribution in [0.5, 0.6) is 0 Å². The zero-order valence-corrected chi connectivity index (χ0v) is 7.34. The van der Waals surface area contributed by atoms with Crippen LogP contribution in [-0.4, -0.2) is 16.4 Å². The first-order valence-electron chi connectivity index (χ1n) is 4.40. The van der Waals surface area contributed by atoms with Gasteiger partial charge in [0, 0.05) is 11.9 Å². The van der Waals surface area contributed by atoms with Crippen molar-refractivity contribution in [3.05, 3.63) is 24.0 Å². The molecule has 4 nitrogen and oxygen atoms in total. The summed E-state index contributed by atoms with van der Waals surface area (Å²) in [7, 11) is 0. The number of nitrogens with two attached hydrogens (primary N) is 1. The second kappa shape index (κ2) is 2.88. The normalized spacial score (nSPS) is 18.2. The van der Waals surface area contributed by atoms with Crippen molar-refractivity contribution in [1.82, 2.24) is 10.3 Å². The van der Waals surface area contributed by atoms with Gasteiger partial charge in [0.15, 0.2) is 0 Å². The highest BCUT2D eigenvalue weighted by molar-refractivity contribution is 5.88. The predicted molar refractivity (Wildman–Crippen MR) is 48.8 cm³/mol. The number of aromatic nitrogens is 1. The van der Waals surface area contributed by atoms with Gasteiger partial charge in [-0.2, -0.15) is 0 Å². The molecule has 0 aliphatic heterocycles. The molecule has 2 rings (SSSR count). The van der Waals surface area contributed by atoms with E-state index >= 15 is 0 Å². The smallest absolute Gasteiger partial charge is 0.240 e. The van der Waals surface area contributed by atoms with Gasteiger partial charge in [-0.25, -0.2) is 0 Å². The van der Waals surface area contributed by atoms with Gasteiger partial charge in [-0.3, -0.25) is 4.79 Å². The molecule has 1 amide bonds. The lowest BCUT2D eigenvalue weighted by molar-refractivity contribution is -0.123. The molecule has 1 aromatic rings. The molecule has 13 heavy (non-hydrogen) atoms. The van der Waals surface area contributed by atoms with Crippen LogP contribution < -0.4 is 11.1 Å². The second-order valence-corrected chi connectivity index (χ2v) is 3.53. The first kappa shape index (κ1) is 8.31. The number of nitrogens with one attached hydrogen (secondary N) is 2. The molecule has 4 heteroatoms. The molecule has 1 heterocycles. The van der Waals surface area contributed by atoms with E-state index in [4.69, 9.17) is 5.73 Å². The molecular formula is C9H13N3O. The number of carbonyl (C=O) groups excluding carboxylic acids is 1. The predicted octanol–water partition coefficient (Wildman–Crippen LogP) is 0.122. The lowest BCUT2D eigenvalue weighted by Gasteiger charge is -2.08. The Morgan fingerprint density at radius 3 is 3.00 bits per heavy atom. The summed E-state index contributed by atoms with van der Waals surface area (Å²) in [6.07, 6.45) is 3.45. The van der Waals surface area contributed by atoms with E-state index in [1.807, 2.05) is 18.3 Å². The maximum absolute atomic E-state index is 11.4. The molecule has 0 aromatic carbocycles. The van der Waals surface area contributed by atoms with Crippen molar-refractivity contribution in [2.75, 3.05) is 0 Å². The van der Waals surface area contributed by atoms with E-state index in [9.17, 15) is 4.79 Å². The zero-order valence-electron chi connectivity index (χ0n) is 7.34. The van der Waals surface area contributed by atoms with Gasteiger partial charge in [0.25, 0.3) is 0 Å². The van der Waals surface area contributed by atoms with E-state index in [0.29, 0.717) is 6.54 Å². The average Bonchev–Trinajstić information content (AvgIpc) is 2.70. The third-order valence-corrected chi connectivity index (χ3v) is 2.34. The van der Waals surface area contributed by atoms with Crippen molar-refractivity contribution in [1.29, 1.82) is 0 Å². The Morgan fingerprint density at radius 1 is 1.69 bits per heavy atom. The Labute approximate surface area is 76.5 Å². The van der Waals surface area contributed by atoms with Gasteiger partial charge in [-0.15, -0.1) is 0 Å². The minimum atomic E-state index is -0.563. The Morgan fingerprint density at radius 2 is 2.46 bits per heavy atom. The van der Waals surface area contributed by atoms with Crippen LogP contribution >= 0.6 is 0 Å². The Balaban J connectivity index is 1.83. The van der Waals surface area contributed by atoms with Gasteiger partial charge in [0.05, 0.1) is 12.1 Å². The maximum atomic E-state index is 11.4. The fraction of sp³-hybridized carbons (Fsp3) is 0.444. The molecule has 0 unspecified atom stereocenters. The van der Waals surface area contributed by atoms with Crippen LogP contribution in [0, 0.1) is 0 Å². The van der Waals surface area contributed by atoms with E-state index in [1.165, 1.54) is 0 Å². The molecule has 1 saturated carbocycles. The summed E-state index contributed by atoms with van der Waals surface area (Å²) in [5.74, 6) is -0.0397. The standard InChI is InChI=1S/C9H13N3O/c10-9(3-4-9)8(13)12-6-7-2-1-5-11-7/h1-2,5,11H,3-4,6,10H2,(H,12,13). The van der Waals surface area contributed by atoms with Gasteiger partial charge in [-0.05, 0) is 25.0 Å². The van der Waals surface area contributed by atoms with Gasteiger partial charge >= 0.3 is 0 Å². The van der Waals surface area contributed by atoms with Crippen LogP contribution in [0.25, 0.3) is 0 Å². The van der Waals surface area contributed by atoms with Crippen molar-refractivity contribution in [2.45, 2.75) is 24.9 Å². The molecule has 1 fully saturated rings. The van der Waals surface area contributed by atoms with E-state index < -0.39 is 5.54 Å². The highest BCUT2D eigenvalue weighted by atomic mass is 16.2. The molecular weight excluding hydrogens is 166 g/mol. The number of hydrogen-bond donors (Lipinski definition) is 3. The van der Waals surface area contributed by atoms with E-state index in [1.54, 1.807) is 0 Å². The highest BCUT2D eigenvalue weighted by Crippen LogP contribution is 2.32. The van der Waals surface area contributed by atoms with Crippen LogP contribution in [0.1, 0.15) is 18.5 Å². The number of carbonyl (C=O) groups is 1. The Kier molecular flexibility index (Phi) is 1.84. The number of hydrogen-bond acceptors (Lipinski definition) is 2. The first-order chi connectivity index (χ1) is 6.21. The summed E-state index contributed by atoms with van der Waals surface area (Å²) in [6, 6.07) is 3.83. The van der Waals surface area contributed by atoms with Crippen LogP contribution in [0.2, 0.25) is 0 Å². The quantitative estimate of drug-likeness (QED) is 0.617. The van der Waals surface area contributed by atoms with E-state index in [-0.39, 0.29) is 5.91 Å². The second-order valence-electron chi connectivity index (χ2n) is 3.53. The summed E-state index contributed by atoms with van der Waals surface area (Å²) in [6.45, 7) is 0.533. The molecule has 0 saturated heterocycles. The van der Waals surface area contributed by atoms with Crippen molar-refractivity contribution in [3.8, 4) is 0 Å². The van der Waals surface area contributed by atoms with Crippen LogP contribution in [0.3, 0.4) is 0 Å². The van der Waals surface area contributed by atoms with E-state index in [0.717, 1.165) is 18.5 Å². The minimum absolute atomic E-state index is 0.0397. The Bertz CT molecular complexity index is 301. The molecule has 70 valence electrons. The van der Waals surface area contributed by atoms with Gasteiger partial charge in [0.2, 0.25) is 5.91 Å². The lowest BCUT2D eigenvalue weighted by atomic mass is 10.2. The number of aromatic amines is 1. The van der Waals surface area contributed by atoms with Crippen molar-refractivity contribution >= 4 is 5.91 Å². The van der Waals surface area contributed by atoms with Crippen molar-refractivity contribution in [2.24, 2.45) is 5.73 Å². The number of H-pyrrole nitrogens is 1. The molecule has 4 N–H and O–H groups in total. The first-order valence-corrected chi connectivity index (χ1v) is 4.40. The maximum Gasteiger partial charge on any atom is 0.240 e. The average molecular weight is 179 g/mol. The summed E-state index contributed by atoms with van der Waals surface area (Å²) in [4.78, 5) is 14.4. The molecule has 1 aliphatic rings. The highest BCUT2D eigenvalue weighted by Gasteiger charge is 2.45. The molecule has 1 aliphatic carbocycles. The lowest BCUT2D eigenvalue weighted by Crippen LogP contribution is -2.42. The summed E-state index contributed by atoms with van der Waals surface area (Å²) in [5.41, 5.74) is 6.14. The number of rotatable bonds is 3. The van der Waals surface area contributed by atoms with Crippen LogP contribution in [-0.2, 0) is 11.3 Å². The van der Waals surface area contributed by atoms with Crippen LogP contribution in [0.15, 0.2) is 18.3 Å². The summed E-state index contributed by atoms with van der Waals surface area (Å²) in [5, 5.41) is 2.79. The zero-order chi connectivity index (χ0) is 9.31. The van der Waals surface area contributed by atoms with Gasteiger partial charge < -0.3 is 16.0 Å². The molecule has 0 atom stereocenters. The summed E-state index contributed by atoms with van der Waals surface area (Å²) >= 11 is 0. The van der Waals surface area contributed by atoms with Crippen molar-refractivity contribution < 1.29 is 4.79 Å². The third kappa shape index (κ3) is 1.72. The number of amides is 1. The Hall–Kier alpha value is -1.29. The largest absolute Gasteiger partial charge is 0.364 e. The monoisotopic (exact) mass is 179 g/mol. The van der Waals surface area contributed by atoms with Gasteiger partial charge in [0.1, 0.15) is 0 Å². The van der Waals surface area contributed by atoms with E-state index in [2.05, 4.69) is 10.3 Å². The molecule has 1 aromatic heterocycles. The van der Waals surface area contributed by atoms with Crippen LogP contribution in [0.4, 0.5) is 0 Å². The molecule has 0 spiro atoms. The molecule has 0 bridgehead atoms. The minimum Gasteiger partial charge on any atom is -0.364 e. The fourth-order valence-electron chi connectivity index (χ4n) is 1.19. The van der Waals surface area contributed by atoms with Crippen molar-refractivity contribution in [3.63, 3.8) is 0 Å². The van der Waals surface area contributed by atoms with Gasteiger partial charge in [-0.1, -0.05) is 0 Å². The summed E-state index contributed by atoms with van der Waals surface area (Å²) < 4.78 is 0.